The lowest BCUT2D eigenvalue weighted by Crippen LogP contribution is -2.42. The zero-order valence-corrected chi connectivity index (χ0v) is 12.1. The van der Waals surface area contributed by atoms with Crippen LogP contribution in [0.3, 0.4) is 0 Å². The molecule has 2 heterocycles. The number of hydrogen-bond donors (Lipinski definition) is 2. The van der Waals surface area contributed by atoms with E-state index in [1.165, 1.54) is 0 Å². The number of anilines is 3. The van der Waals surface area contributed by atoms with Crippen LogP contribution >= 0.6 is 0 Å². The van der Waals surface area contributed by atoms with E-state index in [9.17, 15) is 0 Å². The molecule has 1 aliphatic heterocycles. The van der Waals surface area contributed by atoms with Crippen LogP contribution in [0.4, 0.5) is 17.8 Å². The second-order valence-corrected chi connectivity index (χ2v) is 5.41. The molecule has 106 valence electrons. The fourth-order valence-corrected chi connectivity index (χ4v) is 2.25. The molecule has 0 saturated carbocycles. The maximum Gasteiger partial charge on any atom is 0.231 e. The van der Waals surface area contributed by atoms with Crippen molar-refractivity contribution < 1.29 is 0 Å². The molecule has 0 bridgehead atoms. The smallest absolute Gasteiger partial charge is 0.231 e. The molecule has 1 saturated heterocycles. The van der Waals surface area contributed by atoms with Crippen molar-refractivity contribution in [3.05, 3.63) is 0 Å². The Morgan fingerprint density at radius 3 is 2.68 bits per heavy atom. The van der Waals surface area contributed by atoms with Gasteiger partial charge < -0.3 is 20.9 Å². The first-order valence-electron chi connectivity index (χ1n) is 6.61. The number of aromatic nitrogens is 3. The van der Waals surface area contributed by atoms with Gasteiger partial charge in [-0.2, -0.15) is 15.0 Å². The molecule has 0 amide bonds. The van der Waals surface area contributed by atoms with E-state index < -0.39 is 0 Å². The average Bonchev–Trinajstić information content (AvgIpc) is 2.33. The van der Waals surface area contributed by atoms with Gasteiger partial charge in [0, 0.05) is 32.7 Å². The lowest BCUT2D eigenvalue weighted by molar-refractivity contribution is 0.190. The Morgan fingerprint density at radius 1 is 1.32 bits per heavy atom. The van der Waals surface area contributed by atoms with E-state index in [2.05, 4.69) is 39.1 Å². The molecule has 2 unspecified atom stereocenters. The van der Waals surface area contributed by atoms with Crippen LogP contribution in [0.2, 0.25) is 0 Å². The largest absolute Gasteiger partial charge is 0.368 e. The maximum absolute atomic E-state index is 5.71. The molecule has 7 heteroatoms. The molecule has 2 rings (SSSR count). The summed E-state index contributed by atoms with van der Waals surface area (Å²) in [5.41, 5.74) is 5.71. The standard InChI is InChI=1S/C12H23N7/c1-8-7-9(5-6-19(8)4)14-11-15-10(13)16-12(17-11)18(2)3/h8-9H,5-7H2,1-4H3,(H3,13,14,15,16,17). The molecule has 0 radical (unpaired) electrons. The molecule has 1 aliphatic rings. The van der Waals surface area contributed by atoms with Gasteiger partial charge in [0.2, 0.25) is 17.8 Å². The van der Waals surface area contributed by atoms with Crippen molar-refractivity contribution in [3.63, 3.8) is 0 Å². The zero-order chi connectivity index (χ0) is 14.0. The number of nitrogens with two attached hydrogens (primary N) is 1. The molecule has 1 aromatic heterocycles. The summed E-state index contributed by atoms with van der Waals surface area (Å²) in [5, 5.41) is 3.37. The Labute approximate surface area is 114 Å². The Morgan fingerprint density at radius 2 is 2.05 bits per heavy atom. The molecule has 3 N–H and O–H groups in total. The highest BCUT2D eigenvalue weighted by Gasteiger charge is 2.23. The Hall–Kier alpha value is -1.63. The van der Waals surface area contributed by atoms with Crippen molar-refractivity contribution in [1.29, 1.82) is 0 Å². The van der Waals surface area contributed by atoms with Crippen LogP contribution in [0.5, 0.6) is 0 Å². The van der Waals surface area contributed by atoms with Gasteiger partial charge in [0.05, 0.1) is 0 Å². The summed E-state index contributed by atoms with van der Waals surface area (Å²) >= 11 is 0. The molecule has 1 aromatic rings. The summed E-state index contributed by atoms with van der Waals surface area (Å²) in [6.45, 7) is 3.32. The molecule has 1 fully saturated rings. The number of hydrogen-bond acceptors (Lipinski definition) is 7. The highest BCUT2D eigenvalue weighted by Crippen LogP contribution is 2.19. The average molecular weight is 265 g/mol. The van der Waals surface area contributed by atoms with Crippen LogP contribution in [-0.4, -0.2) is 59.6 Å². The topological polar surface area (TPSA) is 83.2 Å². The van der Waals surface area contributed by atoms with Crippen LogP contribution in [0.25, 0.3) is 0 Å². The molecule has 19 heavy (non-hydrogen) atoms. The van der Waals surface area contributed by atoms with Crippen molar-refractivity contribution in [3.8, 4) is 0 Å². The third-order valence-electron chi connectivity index (χ3n) is 3.58. The van der Waals surface area contributed by atoms with Gasteiger partial charge in [-0.25, -0.2) is 0 Å². The summed E-state index contributed by atoms with van der Waals surface area (Å²) in [6, 6.07) is 0.960. The van der Waals surface area contributed by atoms with Crippen LogP contribution < -0.4 is 16.0 Å². The normalized spacial score (nSPS) is 24.2. The molecular weight excluding hydrogens is 242 g/mol. The van der Waals surface area contributed by atoms with Crippen molar-refractivity contribution in [1.82, 2.24) is 19.9 Å². The van der Waals surface area contributed by atoms with Gasteiger partial charge >= 0.3 is 0 Å². The SMILES string of the molecule is CC1CC(Nc2nc(N)nc(N(C)C)n2)CCN1C. The summed E-state index contributed by atoms with van der Waals surface area (Å²) in [7, 11) is 5.93. The summed E-state index contributed by atoms with van der Waals surface area (Å²) in [6.07, 6.45) is 2.17. The predicted molar refractivity (Wildman–Crippen MR) is 77.3 cm³/mol. The Balaban J connectivity index is 2.07. The minimum Gasteiger partial charge on any atom is -0.368 e. The minimum absolute atomic E-state index is 0.252. The molecule has 2 atom stereocenters. The number of nitrogens with one attached hydrogen (secondary N) is 1. The maximum atomic E-state index is 5.71. The minimum atomic E-state index is 0.252. The lowest BCUT2D eigenvalue weighted by Gasteiger charge is -2.35. The van der Waals surface area contributed by atoms with E-state index in [1.807, 2.05) is 19.0 Å². The highest BCUT2D eigenvalue weighted by atomic mass is 15.3. The molecule has 7 nitrogen and oxygen atoms in total. The van der Waals surface area contributed by atoms with E-state index in [-0.39, 0.29) is 5.95 Å². The van der Waals surface area contributed by atoms with Crippen molar-refractivity contribution in [2.45, 2.75) is 31.8 Å². The van der Waals surface area contributed by atoms with Gasteiger partial charge in [0.25, 0.3) is 0 Å². The van der Waals surface area contributed by atoms with Gasteiger partial charge in [0.15, 0.2) is 0 Å². The van der Waals surface area contributed by atoms with Gasteiger partial charge in [-0.05, 0) is 26.8 Å². The summed E-state index contributed by atoms with van der Waals surface area (Å²) in [5.74, 6) is 1.40. The van der Waals surface area contributed by atoms with Crippen molar-refractivity contribution >= 4 is 17.8 Å². The second kappa shape index (κ2) is 5.56. The number of piperidine rings is 1. The number of likely N-dealkylation sites (tertiary alicyclic amines) is 1. The first-order chi connectivity index (χ1) is 8.95. The molecule has 0 aromatic carbocycles. The monoisotopic (exact) mass is 265 g/mol. The van der Waals surface area contributed by atoms with Crippen molar-refractivity contribution in [2.24, 2.45) is 0 Å². The van der Waals surface area contributed by atoms with Crippen LogP contribution in [-0.2, 0) is 0 Å². The van der Waals surface area contributed by atoms with E-state index in [0.29, 0.717) is 24.0 Å². The summed E-state index contributed by atoms with van der Waals surface area (Å²) in [4.78, 5) is 16.8. The third-order valence-corrected chi connectivity index (χ3v) is 3.58. The Bertz CT molecular complexity index is 434. The van der Waals surface area contributed by atoms with E-state index in [4.69, 9.17) is 5.73 Å². The van der Waals surface area contributed by atoms with Crippen molar-refractivity contribution in [2.75, 3.05) is 43.6 Å². The molecule has 0 aliphatic carbocycles. The van der Waals surface area contributed by atoms with Crippen LogP contribution in [0, 0.1) is 0 Å². The van der Waals surface area contributed by atoms with E-state index in [0.717, 1.165) is 19.4 Å². The van der Waals surface area contributed by atoms with E-state index in [1.54, 1.807) is 0 Å². The quantitative estimate of drug-likeness (QED) is 0.819. The highest BCUT2D eigenvalue weighted by molar-refractivity contribution is 5.41. The third kappa shape index (κ3) is 3.44. The number of nitrogens with zero attached hydrogens (tertiary/aromatic N) is 5. The fraction of sp³-hybridized carbons (Fsp3) is 0.750. The zero-order valence-electron chi connectivity index (χ0n) is 12.1. The second-order valence-electron chi connectivity index (χ2n) is 5.41. The van der Waals surface area contributed by atoms with Gasteiger partial charge in [-0.15, -0.1) is 0 Å². The number of rotatable bonds is 3. The lowest BCUT2D eigenvalue weighted by atomic mass is 9.99. The van der Waals surface area contributed by atoms with Crippen LogP contribution in [0.1, 0.15) is 19.8 Å². The van der Waals surface area contributed by atoms with E-state index >= 15 is 0 Å². The van der Waals surface area contributed by atoms with Crippen LogP contribution in [0.15, 0.2) is 0 Å². The number of nitrogen functional groups attached to an aromatic ring is 1. The fourth-order valence-electron chi connectivity index (χ4n) is 2.25. The summed E-state index contributed by atoms with van der Waals surface area (Å²) < 4.78 is 0. The first-order valence-corrected chi connectivity index (χ1v) is 6.61. The molecular formula is C12H23N7. The van der Waals surface area contributed by atoms with Gasteiger partial charge in [-0.3, -0.25) is 0 Å². The first kappa shape index (κ1) is 13.8. The predicted octanol–water partition coefficient (Wildman–Crippen LogP) is 0.414. The van der Waals surface area contributed by atoms with Gasteiger partial charge in [-0.1, -0.05) is 0 Å². The molecule has 0 spiro atoms. The van der Waals surface area contributed by atoms with Gasteiger partial charge in [0.1, 0.15) is 0 Å². The Kier molecular flexibility index (Phi) is 4.04.